The van der Waals surface area contributed by atoms with E-state index < -0.39 is 18.1 Å². The Bertz CT molecular complexity index is 618. The van der Waals surface area contributed by atoms with Gasteiger partial charge < -0.3 is 15.5 Å². The molecule has 0 spiro atoms. The number of anilines is 1. The molecule has 8 heteroatoms. The Morgan fingerprint density at radius 1 is 1.30 bits per heavy atom. The maximum Gasteiger partial charge on any atom is 0.471 e. The third-order valence-electron chi connectivity index (χ3n) is 3.83. The molecule has 1 aromatic carbocycles. The lowest BCUT2D eigenvalue weighted by molar-refractivity contribution is -0.174. The fourth-order valence-electron chi connectivity index (χ4n) is 2.35. The van der Waals surface area contributed by atoms with Crippen LogP contribution in [-0.4, -0.2) is 41.2 Å². The van der Waals surface area contributed by atoms with Crippen molar-refractivity contribution in [2.75, 3.05) is 18.4 Å². The SMILES string of the molecule is Cc1ccc(NC(=S)N2CCC(NC(=O)C(F)(F)F)C2)cc1C. The highest BCUT2D eigenvalue weighted by atomic mass is 32.1. The maximum atomic E-state index is 12.3. The standard InChI is InChI=1S/C15H18F3N3OS/c1-9-3-4-11(7-10(9)2)20-14(23)21-6-5-12(8-21)19-13(22)15(16,17)18/h3-4,7,12H,5-6,8H2,1-2H3,(H,19,22)(H,20,23). The number of halogens is 3. The number of carbonyl (C=O) groups is 1. The second-order valence-electron chi connectivity index (χ2n) is 5.63. The van der Waals surface area contributed by atoms with Gasteiger partial charge in [0.2, 0.25) is 0 Å². The molecule has 1 aliphatic heterocycles. The van der Waals surface area contributed by atoms with Crippen LogP contribution in [0, 0.1) is 13.8 Å². The molecule has 1 aliphatic rings. The lowest BCUT2D eigenvalue weighted by atomic mass is 10.1. The summed E-state index contributed by atoms with van der Waals surface area (Å²) in [5.74, 6) is -1.91. The monoisotopic (exact) mass is 345 g/mol. The van der Waals surface area contributed by atoms with Crippen LogP contribution in [0.2, 0.25) is 0 Å². The second kappa shape index (κ2) is 6.74. The summed E-state index contributed by atoms with van der Waals surface area (Å²) in [6.45, 7) is 4.76. The van der Waals surface area contributed by atoms with Gasteiger partial charge in [0.25, 0.3) is 0 Å². The predicted molar refractivity (Wildman–Crippen MR) is 86.3 cm³/mol. The Hall–Kier alpha value is -1.83. The van der Waals surface area contributed by atoms with Gasteiger partial charge in [-0.3, -0.25) is 4.79 Å². The first-order chi connectivity index (χ1) is 10.7. The summed E-state index contributed by atoms with van der Waals surface area (Å²) in [5.41, 5.74) is 3.12. The molecule has 23 heavy (non-hydrogen) atoms. The number of thiocarbonyl (C=S) groups is 1. The fourth-order valence-corrected chi connectivity index (χ4v) is 2.64. The molecule has 1 heterocycles. The quantitative estimate of drug-likeness (QED) is 0.809. The van der Waals surface area contributed by atoms with Gasteiger partial charge in [-0.1, -0.05) is 6.07 Å². The summed E-state index contributed by atoms with van der Waals surface area (Å²) in [5, 5.41) is 5.51. The zero-order chi connectivity index (χ0) is 17.2. The van der Waals surface area contributed by atoms with Gasteiger partial charge in [-0.05, 0) is 55.7 Å². The average molecular weight is 345 g/mol. The van der Waals surface area contributed by atoms with Crippen molar-refractivity contribution in [3.8, 4) is 0 Å². The lowest BCUT2D eigenvalue weighted by Crippen LogP contribution is -2.45. The first kappa shape index (κ1) is 17.5. The molecule has 0 saturated carbocycles. The van der Waals surface area contributed by atoms with Crippen LogP contribution in [0.15, 0.2) is 18.2 Å². The van der Waals surface area contributed by atoms with Crippen molar-refractivity contribution in [3.05, 3.63) is 29.3 Å². The van der Waals surface area contributed by atoms with Crippen molar-refractivity contribution >= 4 is 28.9 Å². The second-order valence-corrected chi connectivity index (χ2v) is 6.02. The number of hydrogen-bond donors (Lipinski definition) is 2. The van der Waals surface area contributed by atoms with Gasteiger partial charge >= 0.3 is 12.1 Å². The number of amides is 1. The molecule has 1 saturated heterocycles. The molecule has 0 aliphatic carbocycles. The van der Waals surface area contributed by atoms with Crippen molar-refractivity contribution in [2.45, 2.75) is 32.5 Å². The van der Waals surface area contributed by atoms with Crippen LogP contribution >= 0.6 is 12.2 Å². The summed E-state index contributed by atoms with van der Waals surface area (Å²) in [6, 6.07) is 5.27. The molecule has 1 fully saturated rings. The van der Waals surface area contributed by atoms with Gasteiger partial charge in [-0.25, -0.2) is 0 Å². The zero-order valence-electron chi connectivity index (χ0n) is 12.8. The molecule has 4 nitrogen and oxygen atoms in total. The highest BCUT2D eigenvalue weighted by molar-refractivity contribution is 7.80. The number of benzene rings is 1. The number of nitrogens with zero attached hydrogens (tertiary/aromatic N) is 1. The minimum absolute atomic E-state index is 0.262. The van der Waals surface area contributed by atoms with Crippen LogP contribution in [0.5, 0.6) is 0 Å². The molecule has 2 rings (SSSR count). The third-order valence-corrected chi connectivity index (χ3v) is 4.19. The summed E-state index contributed by atoms with van der Waals surface area (Å²) < 4.78 is 36.8. The van der Waals surface area contributed by atoms with E-state index >= 15 is 0 Å². The Balaban J connectivity index is 1.89. The van der Waals surface area contributed by atoms with E-state index in [0.717, 1.165) is 16.8 Å². The largest absolute Gasteiger partial charge is 0.471 e. The van der Waals surface area contributed by atoms with Crippen LogP contribution in [0.1, 0.15) is 17.5 Å². The van der Waals surface area contributed by atoms with E-state index in [-0.39, 0.29) is 6.54 Å². The number of aryl methyl sites for hydroxylation is 2. The van der Waals surface area contributed by atoms with Crippen molar-refractivity contribution in [1.82, 2.24) is 10.2 Å². The van der Waals surface area contributed by atoms with Crippen LogP contribution in [0.25, 0.3) is 0 Å². The topological polar surface area (TPSA) is 44.4 Å². The molecule has 2 N–H and O–H groups in total. The third kappa shape index (κ3) is 4.57. The molecular weight excluding hydrogens is 327 g/mol. The summed E-state index contributed by atoms with van der Waals surface area (Å²) >= 11 is 5.29. The molecule has 0 radical (unpaired) electrons. The summed E-state index contributed by atoms with van der Waals surface area (Å²) in [6.07, 6.45) is -4.43. The summed E-state index contributed by atoms with van der Waals surface area (Å²) in [7, 11) is 0. The maximum absolute atomic E-state index is 12.3. The van der Waals surface area contributed by atoms with Crippen molar-refractivity contribution in [1.29, 1.82) is 0 Å². The Labute approximate surface area is 138 Å². The van der Waals surface area contributed by atoms with Gasteiger partial charge in [0.05, 0.1) is 0 Å². The number of nitrogens with one attached hydrogen (secondary N) is 2. The normalized spacial score (nSPS) is 18.0. The Morgan fingerprint density at radius 3 is 2.61 bits per heavy atom. The van der Waals surface area contributed by atoms with Gasteiger partial charge in [0.1, 0.15) is 0 Å². The van der Waals surface area contributed by atoms with Crippen LogP contribution < -0.4 is 10.6 Å². The molecule has 1 aromatic rings. The number of likely N-dealkylation sites (tertiary alicyclic amines) is 1. The van der Waals surface area contributed by atoms with E-state index in [1.807, 2.05) is 37.4 Å². The van der Waals surface area contributed by atoms with E-state index in [1.54, 1.807) is 4.90 Å². The minimum Gasteiger partial charge on any atom is -0.347 e. The van der Waals surface area contributed by atoms with Gasteiger partial charge in [0, 0.05) is 24.8 Å². The molecule has 126 valence electrons. The number of hydrogen-bond acceptors (Lipinski definition) is 2. The number of carbonyl (C=O) groups excluding carboxylic acids is 1. The van der Waals surface area contributed by atoms with Crippen LogP contribution in [-0.2, 0) is 4.79 Å². The molecule has 1 amide bonds. The Morgan fingerprint density at radius 2 is 2.00 bits per heavy atom. The van der Waals surface area contributed by atoms with Crippen LogP contribution in [0.3, 0.4) is 0 Å². The van der Waals surface area contributed by atoms with Crippen LogP contribution in [0.4, 0.5) is 18.9 Å². The summed E-state index contributed by atoms with van der Waals surface area (Å²) in [4.78, 5) is 12.7. The first-order valence-electron chi connectivity index (χ1n) is 7.17. The fraction of sp³-hybridized carbons (Fsp3) is 0.467. The van der Waals surface area contributed by atoms with E-state index in [2.05, 4.69) is 5.32 Å². The van der Waals surface area contributed by atoms with Gasteiger partial charge in [-0.2, -0.15) is 13.2 Å². The molecule has 1 unspecified atom stereocenters. The van der Waals surface area contributed by atoms with E-state index in [4.69, 9.17) is 12.2 Å². The highest BCUT2D eigenvalue weighted by Crippen LogP contribution is 2.19. The number of alkyl halides is 3. The van der Waals surface area contributed by atoms with Crippen molar-refractivity contribution in [2.24, 2.45) is 0 Å². The lowest BCUT2D eigenvalue weighted by Gasteiger charge is -2.21. The minimum atomic E-state index is -4.86. The molecule has 0 bridgehead atoms. The van der Waals surface area contributed by atoms with Crippen molar-refractivity contribution < 1.29 is 18.0 Å². The predicted octanol–water partition coefficient (Wildman–Crippen LogP) is 2.75. The van der Waals surface area contributed by atoms with E-state index in [1.165, 1.54) is 0 Å². The molecule has 1 atom stereocenters. The van der Waals surface area contributed by atoms with Crippen molar-refractivity contribution in [3.63, 3.8) is 0 Å². The van der Waals surface area contributed by atoms with E-state index in [9.17, 15) is 18.0 Å². The van der Waals surface area contributed by atoms with Gasteiger partial charge in [-0.15, -0.1) is 0 Å². The highest BCUT2D eigenvalue weighted by Gasteiger charge is 2.40. The number of rotatable bonds is 2. The smallest absolute Gasteiger partial charge is 0.347 e. The zero-order valence-corrected chi connectivity index (χ0v) is 13.6. The average Bonchev–Trinajstić information content (AvgIpc) is 2.90. The van der Waals surface area contributed by atoms with E-state index in [0.29, 0.717) is 18.1 Å². The Kier molecular flexibility index (Phi) is 5.13. The van der Waals surface area contributed by atoms with Gasteiger partial charge in [0.15, 0.2) is 5.11 Å². The molecule has 0 aromatic heterocycles. The molecular formula is C15H18F3N3OS. The first-order valence-corrected chi connectivity index (χ1v) is 7.58.